The number of unbranched alkanes of at least 4 members (excludes halogenated alkanes) is 1. The standard InChI is InChI=1S/C19H24N2O/c1-2-3-9-16-14-21(13-12-20-16)19(22)18-11-6-8-15-7-4-5-10-17(15)18/h4-8,10-11,16,20H,2-3,9,12-14H2,1H3. The van der Waals surface area contributed by atoms with Crippen LogP contribution in [-0.2, 0) is 0 Å². The fourth-order valence-electron chi connectivity index (χ4n) is 3.24. The van der Waals surface area contributed by atoms with Crippen molar-refractivity contribution in [3.05, 3.63) is 48.0 Å². The van der Waals surface area contributed by atoms with Crippen molar-refractivity contribution in [3.8, 4) is 0 Å². The molecule has 1 aliphatic rings. The van der Waals surface area contributed by atoms with Gasteiger partial charge in [0.15, 0.2) is 0 Å². The highest BCUT2D eigenvalue weighted by molar-refractivity contribution is 6.07. The minimum Gasteiger partial charge on any atom is -0.336 e. The van der Waals surface area contributed by atoms with Gasteiger partial charge in [0, 0.05) is 31.2 Å². The average Bonchev–Trinajstić information content (AvgIpc) is 2.59. The molecule has 1 N–H and O–H groups in total. The zero-order chi connectivity index (χ0) is 15.4. The van der Waals surface area contributed by atoms with Gasteiger partial charge in [-0.1, -0.05) is 56.2 Å². The van der Waals surface area contributed by atoms with E-state index in [4.69, 9.17) is 0 Å². The predicted octanol–water partition coefficient (Wildman–Crippen LogP) is 3.44. The Hall–Kier alpha value is -1.87. The lowest BCUT2D eigenvalue weighted by Crippen LogP contribution is -2.52. The van der Waals surface area contributed by atoms with Crippen molar-refractivity contribution in [3.63, 3.8) is 0 Å². The number of hydrogen-bond donors (Lipinski definition) is 1. The van der Waals surface area contributed by atoms with Crippen LogP contribution in [0.2, 0.25) is 0 Å². The molecule has 0 saturated carbocycles. The Labute approximate surface area is 132 Å². The number of hydrogen-bond acceptors (Lipinski definition) is 2. The quantitative estimate of drug-likeness (QED) is 0.937. The van der Waals surface area contributed by atoms with Crippen molar-refractivity contribution in [2.45, 2.75) is 32.2 Å². The molecule has 1 fully saturated rings. The molecule has 1 atom stereocenters. The van der Waals surface area contributed by atoms with Gasteiger partial charge in [0.05, 0.1) is 0 Å². The molecule has 3 nitrogen and oxygen atoms in total. The summed E-state index contributed by atoms with van der Waals surface area (Å²) in [5, 5.41) is 5.72. The van der Waals surface area contributed by atoms with Crippen LogP contribution in [0.3, 0.4) is 0 Å². The summed E-state index contributed by atoms with van der Waals surface area (Å²) in [4.78, 5) is 14.9. The number of benzene rings is 2. The number of carbonyl (C=O) groups is 1. The third-order valence-electron chi connectivity index (χ3n) is 4.47. The lowest BCUT2D eigenvalue weighted by molar-refractivity contribution is 0.0701. The molecular weight excluding hydrogens is 272 g/mol. The maximum atomic E-state index is 12.9. The number of fused-ring (bicyclic) bond motifs is 1. The summed E-state index contributed by atoms with van der Waals surface area (Å²) in [6.45, 7) is 4.72. The highest BCUT2D eigenvalue weighted by atomic mass is 16.2. The summed E-state index contributed by atoms with van der Waals surface area (Å²) in [5.41, 5.74) is 0.828. The van der Waals surface area contributed by atoms with Crippen molar-refractivity contribution in [1.82, 2.24) is 10.2 Å². The first-order valence-corrected chi connectivity index (χ1v) is 8.30. The number of nitrogens with one attached hydrogen (secondary N) is 1. The van der Waals surface area contributed by atoms with E-state index in [1.165, 1.54) is 12.8 Å². The van der Waals surface area contributed by atoms with Crippen LogP contribution in [0.15, 0.2) is 42.5 Å². The second kappa shape index (κ2) is 6.93. The van der Waals surface area contributed by atoms with Gasteiger partial charge in [-0.3, -0.25) is 4.79 Å². The van der Waals surface area contributed by atoms with E-state index in [0.29, 0.717) is 6.04 Å². The molecule has 116 valence electrons. The second-order valence-electron chi connectivity index (χ2n) is 6.07. The molecule has 1 saturated heterocycles. The van der Waals surface area contributed by atoms with Gasteiger partial charge in [0.25, 0.3) is 5.91 Å². The van der Waals surface area contributed by atoms with Gasteiger partial charge >= 0.3 is 0 Å². The Morgan fingerprint density at radius 1 is 1.23 bits per heavy atom. The van der Waals surface area contributed by atoms with E-state index in [9.17, 15) is 4.79 Å². The van der Waals surface area contributed by atoms with Crippen molar-refractivity contribution in [2.75, 3.05) is 19.6 Å². The van der Waals surface area contributed by atoms with Crippen LogP contribution >= 0.6 is 0 Å². The van der Waals surface area contributed by atoms with Crippen LogP contribution in [0.4, 0.5) is 0 Å². The largest absolute Gasteiger partial charge is 0.336 e. The second-order valence-corrected chi connectivity index (χ2v) is 6.07. The summed E-state index contributed by atoms with van der Waals surface area (Å²) in [6, 6.07) is 14.6. The van der Waals surface area contributed by atoms with Crippen molar-refractivity contribution >= 4 is 16.7 Å². The van der Waals surface area contributed by atoms with Gasteiger partial charge in [-0.25, -0.2) is 0 Å². The summed E-state index contributed by atoms with van der Waals surface area (Å²) in [6.07, 6.45) is 3.57. The Kier molecular flexibility index (Phi) is 4.74. The van der Waals surface area contributed by atoms with Crippen LogP contribution in [0.5, 0.6) is 0 Å². The topological polar surface area (TPSA) is 32.3 Å². The third-order valence-corrected chi connectivity index (χ3v) is 4.47. The monoisotopic (exact) mass is 296 g/mol. The van der Waals surface area contributed by atoms with Gasteiger partial charge in [0.1, 0.15) is 0 Å². The molecule has 1 unspecified atom stereocenters. The fourth-order valence-corrected chi connectivity index (χ4v) is 3.24. The van der Waals surface area contributed by atoms with Gasteiger partial charge < -0.3 is 10.2 Å². The SMILES string of the molecule is CCCCC1CN(C(=O)c2cccc3ccccc23)CCN1. The highest BCUT2D eigenvalue weighted by Crippen LogP contribution is 2.21. The van der Waals surface area contributed by atoms with E-state index >= 15 is 0 Å². The number of rotatable bonds is 4. The average molecular weight is 296 g/mol. The van der Waals surface area contributed by atoms with Crippen molar-refractivity contribution in [1.29, 1.82) is 0 Å². The van der Waals surface area contributed by atoms with Gasteiger partial charge in [-0.15, -0.1) is 0 Å². The molecule has 2 aromatic carbocycles. The van der Waals surface area contributed by atoms with Gasteiger partial charge in [-0.05, 0) is 23.3 Å². The zero-order valence-electron chi connectivity index (χ0n) is 13.2. The van der Waals surface area contributed by atoms with Gasteiger partial charge in [0.2, 0.25) is 0 Å². The minimum absolute atomic E-state index is 0.166. The van der Waals surface area contributed by atoms with Crippen LogP contribution in [0.1, 0.15) is 36.5 Å². The van der Waals surface area contributed by atoms with Crippen LogP contribution in [0, 0.1) is 0 Å². The molecular formula is C19H24N2O. The number of carbonyl (C=O) groups excluding carboxylic acids is 1. The molecule has 3 rings (SSSR count). The Balaban J connectivity index is 1.80. The smallest absolute Gasteiger partial charge is 0.254 e. The Morgan fingerprint density at radius 3 is 2.91 bits per heavy atom. The molecule has 0 aliphatic carbocycles. The molecule has 3 heteroatoms. The minimum atomic E-state index is 0.166. The number of amides is 1. The zero-order valence-corrected chi connectivity index (χ0v) is 13.2. The maximum Gasteiger partial charge on any atom is 0.254 e. The van der Waals surface area contributed by atoms with Crippen molar-refractivity contribution < 1.29 is 4.79 Å². The lowest BCUT2D eigenvalue weighted by Gasteiger charge is -2.34. The lowest BCUT2D eigenvalue weighted by atomic mass is 10.0. The summed E-state index contributed by atoms with van der Waals surface area (Å²) < 4.78 is 0. The molecule has 1 amide bonds. The van der Waals surface area contributed by atoms with Crippen LogP contribution < -0.4 is 5.32 Å². The van der Waals surface area contributed by atoms with E-state index in [1.807, 2.05) is 35.2 Å². The molecule has 0 bridgehead atoms. The molecule has 0 spiro atoms. The molecule has 1 aliphatic heterocycles. The third kappa shape index (κ3) is 3.14. The number of nitrogens with zero attached hydrogens (tertiary/aromatic N) is 1. The summed E-state index contributed by atoms with van der Waals surface area (Å²) in [7, 11) is 0. The maximum absolute atomic E-state index is 12.9. The Bertz CT molecular complexity index is 647. The molecule has 2 aromatic rings. The molecule has 22 heavy (non-hydrogen) atoms. The fraction of sp³-hybridized carbons (Fsp3) is 0.421. The van der Waals surface area contributed by atoms with Crippen molar-refractivity contribution in [2.24, 2.45) is 0 Å². The highest BCUT2D eigenvalue weighted by Gasteiger charge is 2.24. The predicted molar refractivity (Wildman–Crippen MR) is 91.2 cm³/mol. The normalized spacial score (nSPS) is 18.6. The summed E-state index contributed by atoms with van der Waals surface area (Å²) >= 11 is 0. The van der Waals surface area contributed by atoms with Crippen LogP contribution in [0.25, 0.3) is 10.8 Å². The first kappa shape index (κ1) is 15.0. The van der Waals surface area contributed by atoms with E-state index in [1.54, 1.807) is 0 Å². The first-order valence-electron chi connectivity index (χ1n) is 8.30. The van der Waals surface area contributed by atoms with E-state index in [0.717, 1.165) is 42.4 Å². The first-order chi connectivity index (χ1) is 10.8. The van der Waals surface area contributed by atoms with Gasteiger partial charge in [-0.2, -0.15) is 0 Å². The van der Waals surface area contributed by atoms with E-state index < -0.39 is 0 Å². The molecule has 1 heterocycles. The molecule has 0 aromatic heterocycles. The molecule has 0 radical (unpaired) electrons. The Morgan fingerprint density at radius 2 is 2.05 bits per heavy atom. The van der Waals surface area contributed by atoms with E-state index in [2.05, 4.69) is 24.4 Å². The van der Waals surface area contributed by atoms with Crippen LogP contribution in [-0.4, -0.2) is 36.5 Å². The summed E-state index contributed by atoms with van der Waals surface area (Å²) in [5.74, 6) is 0.166. The van der Waals surface area contributed by atoms with E-state index in [-0.39, 0.29) is 5.91 Å². The number of piperazine rings is 1.